The van der Waals surface area contributed by atoms with Crippen molar-refractivity contribution < 1.29 is 4.79 Å². The zero-order valence-corrected chi connectivity index (χ0v) is 14.7. The number of amides is 2. The predicted octanol–water partition coefficient (Wildman–Crippen LogP) is 4.26. The smallest absolute Gasteiger partial charge is 0.319 e. The van der Waals surface area contributed by atoms with E-state index in [9.17, 15) is 4.79 Å². The van der Waals surface area contributed by atoms with Crippen LogP contribution in [0.5, 0.6) is 0 Å². The van der Waals surface area contributed by atoms with Crippen LogP contribution in [0.2, 0.25) is 0 Å². The molecule has 2 atom stereocenters. The summed E-state index contributed by atoms with van der Waals surface area (Å²) in [5.41, 5.74) is 2.72. The molecule has 128 valence electrons. The van der Waals surface area contributed by atoms with Crippen molar-refractivity contribution in [3.63, 3.8) is 0 Å². The molecule has 5 nitrogen and oxygen atoms in total. The first-order valence-electron chi connectivity index (χ1n) is 8.53. The Morgan fingerprint density at radius 1 is 1.38 bits per heavy atom. The highest BCUT2D eigenvalue weighted by molar-refractivity contribution is 7.99. The summed E-state index contributed by atoms with van der Waals surface area (Å²) in [6.07, 6.45) is 8.17. The molecule has 0 radical (unpaired) electrons. The molecule has 1 aliphatic rings. The minimum atomic E-state index is -0.127. The molecule has 1 fully saturated rings. The Morgan fingerprint density at radius 3 is 3.04 bits per heavy atom. The number of anilines is 1. The Kier molecular flexibility index (Phi) is 5.80. The summed E-state index contributed by atoms with van der Waals surface area (Å²) in [5.74, 6) is 1.14. The molecule has 2 aromatic rings. The lowest BCUT2D eigenvalue weighted by atomic mass is 9.95. The predicted molar refractivity (Wildman–Crippen MR) is 100 cm³/mol. The van der Waals surface area contributed by atoms with Crippen LogP contribution in [-0.2, 0) is 0 Å². The monoisotopic (exact) mass is 344 g/mol. The number of thioether (sulfide) groups is 1. The van der Waals surface area contributed by atoms with Crippen molar-refractivity contribution >= 4 is 23.5 Å². The third kappa shape index (κ3) is 4.32. The van der Waals surface area contributed by atoms with Crippen molar-refractivity contribution in [3.8, 4) is 11.1 Å². The van der Waals surface area contributed by atoms with E-state index in [-0.39, 0.29) is 12.1 Å². The van der Waals surface area contributed by atoms with Gasteiger partial charge in [-0.05, 0) is 31.1 Å². The molecule has 1 aromatic carbocycles. The molecule has 3 N–H and O–H groups in total. The van der Waals surface area contributed by atoms with Crippen LogP contribution in [0.25, 0.3) is 11.1 Å². The highest BCUT2D eigenvalue weighted by Crippen LogP contribution is 2.29. The Bertz CT molecular complexity index is 657. The summed E-state index contributed by atoms with van der Waals surface area (Å²) in [4.78, 5) is 12.4. The number of hydrogen-bond acceptors (Lipinski definition) is 3. The first kappa shape index (κ1) is 16.9. The molecule has 0 unspecified atom stereocenters. The molecule has 1 saturated carbocycles. The van der Waals surface area contributed by atoms with E-state index in [0.717, 1.165) is 35.4 Å². The van der Waals surface area contributed by atoms with Gasteiger partial charge in [-0.15, -0.1) is 0 Å². The van der Waals surface area contributed by atoms with Gasteiger partial charge in [-0.25, -0.2) is 4.79 Å². The van der Waals surface area contributed by atoms with Gasteiger partial charge in [0.2, 0.25) is 0 Å². The lowest BCUT2D eigenvalue weighted by Crippen LogP contribution is -2.41. The largest absolute Gasteiger partial charge is 0.335 e. The molecule has 3 rings (SSSR count). The molecule has 0 bridgehead atoms. The Labute approximate surface area is 147 Å². The zero-order valence-electron chi connectivity index (χ0n) is 13.9. The van der Waals surface area contributed by atoms with Gasteiger partial charge in [0, 0.05) is 28.6 Å². The molecule has 1 aliphatic carbocycles. The molecule has 24 heavy (non-hydrogen) atoms. The van der Waals surface area contributed by atoms with Gasteiger partial charge in [0.15, 0.2) is 0 Å². The fourth-order valence-corrected chi connectivity index (χ4v) is 4.42. The Balaban J connectivity index is 1.61. The lowest BCUT2D eigenvalue weighted by Gasteiger charge is -2.29. The second-order valence-electron chi connectivity index (χ2n) is 6.07. The summed E-state index contributed by atoms with van der Waals surface area (Å²) in [6, 6.07) is 7.92. The van der Waals surface area contributed by atoms with Gasteiger partial charge >= 0.3 is 6.03 Å². The molecule has 0 saturated heterocycles. The molecule has 2 amide bonds. The maximum absolute atomic E-state index is 12.4. The average molecular weight is 344 g/mol. The van der Waals surface area contributed by atoms with Crippen molar-refractivity contribution in [2.45, 2.75) is 43.9 Å². The number of para-hydroxylation sites is 1. The van der Waals surface area contributed by atoms with Crippen LogP contribution >= 0.6 is 11.8 Å². The van der Waals surface area contributed by atoms with E-state index in [4.69, 9.17) is 0 Å². The van der Waals surface area contributed by atoms with Crippen LogP contribution in [0, 0.1) is 0 Å². The van der Waals surface area contributed by atoms with Crippen molar-refractivity contribution in [1.29, 1.82) is 0 Å². The number of hydrogen-bond donors (Lipinski definition) is 3. The van der Waals surface area contributed by atoms with E-state index >= 15 is 0 Å². The molecular formula is C18H24N4OS. The first-order chi connectivity index (χ1) is 11.8. The number of aromatic nitrogens is 2. The van der Waals surface area contributed by atoms with Crippen LogP contribution < -0.4 is 10.6 Å². The van der Waals surface area contributed by atoms with Crippen molar-refractivity contribution in [2.24, 2.45) is 0 Å². The summed E-state index contributed by atoms with van der Waals surface area (Å²) < 4.78 is 0. The quantitative estimate of drug-likeness (QED) is 0.759. The van der Waals surface area contributed by atoms with E-state index < -0.39 is 0 Å². The summed E-state index contributed by atoms with van der Waals surface area (Å²) in [5, 5.41) is 13.6. The van der Waals surface area contributed by atoms with E-state index in [0.29, 0.717) is 5.25 Å². The van der Waals surface area contributed by atoms with Gasteiger partial charge < -0.3 is 10.6 Å². The molecule has 6 heteroatoms. The first-order valence-corrected chi connectivity index (χ1v) is 9.58. The molecular weight excluding hydrogens is 320 g/mol. The molecule has 1 heterocycles. The van der Waals surface area contributed by atoms with E-state index in [1.54, 1.807) is 6.20 Å². The van der Waals surface area contributed by atoms with E-state index in [2.05, 4.69) is 27.8 Å². The Morgan fingerprint density at radius 2 is 2.25 bits per heavy atom. The third-order valence-electron chi connectivity index (χ3n) is 4.35. The average Bonchev–Trinajstić information content (AvgIpc) is 3.10. The highest BCUT2D eigenvalue weighted by Gasteiger charge is 2.23. The van der Waals surface area contributed by atoms with Gasteiger partial charge in [0.1, 0.15) is 0 Å². The molecule has 1 aromatic heterocycles. The number of aromatic amines is 1. The summed E-state index contributed by atoms with van der Waals surface area (Å²) in [7, 11) is 0. The molecule has 0 aliphatic heterocycles. The van der Waals surface area contributed by atoms with Gasteiger partial charge in [-0.3, -0.25) is 5.10 Å². The number of carbonyl (C=O) groups excluding carboxylic acids is 1. The number of H-pyrrole nitrogens is 1. The lowest BCUT2D eigenvalue weighted by molar-refractivity contribution is 0.244. The highest BCUT2D eigenvalue weighted by atomic mass is 32.2. The summed E-state index contributed by atoms with van der Waals surface area (Å²) >= 11 is 2.01. The number of nitrogens with one attached hydrogen (secondary N) is 3. The van der Waals surface area contributed by atoms with Gasteiger partial charge in [-0.1, -0.05) is 31.5 Å². The van der Waals surface area contributed by atoms with Crippen LogP contribution in [0.15, 0.2) is 36.7 Å². The zero-order chi connectivity index (χ0) is 16.8. The van der Waals surface area contributed by atoms with Crippen LogP contribution in [0.3, 0.4) is 0 Å². The minimum Gasteiger partial charge on any atom is -0.335 e. The van der Waals surface area contributed by atoms with Gasteiger partial charge in [-0.2, -0.15) is 16.9 Å². The van der Waals surface area contributed by atoms with E-state index in [1.165, 1.54) is 12.8 Å². The second kappa shape index (κ2) is 8.24. The fraction of sp³-hybridized carbons (Fsp3) is 0.444. The number of urea groups is 1. The van der Waals surface area contributed by atoms with Crippen molar-refractivity contribution in [3.05, 3.63) is 36.7 Å². The van der Waals surface area contributed by atoms with Crippen LogP contribution in [0.1, 0.15) is 32.6 Å². The SMILES string of the molecule is CCS[C@@H]1CCC[C@H](NC(=O)Nc2ccccc2-c2cn[nH]c2)C1. The van der Waals surface area contributed by atoms with Crippen molar-refractivity contribution in [2.75, 3.05) is 11.1 Å². The van der Waals surface area contributed by atoms with Crippen molar-refractivity contribution in [1.82, 2.24) is 15.5 Å². The number of nitrogens with zero attached hydrogens (tertiary/aromatic N) is 1. The maximum Gasteiger partial charge on any atom is 0.319 e. The van der Waals surface area contributed by atoms with Crippen LogP contribution in [0.4, 0.5) is 10.5 Å². The fourth-order valence-electron chi connectivity index (χ4n) is 3.25. The normalized spacial score (nSPS) is 20.5. The number of rotatable bonds is 5. The Hall–Kier alpha value is -1.95. The summed E-state index contributed by atoms with van der Waals surface area (Å²) in [6.45, 7) is 2.20. The number of benzene rings is 1. The van der Waals surface area contributed by atoms with Gasteiger partial charge in [0.25, 0.3) is 0 Å². The topological polar surface area (TPSA) is 69.8 Å². The second-order valence-corrected chi connectivity index (χ2v) is 7.65. The minimum absolute atomic E-state index is 0.127. The van der Waals surface area contributed by atoms with Crippen LogP contribution in [-0.4, -0.2) is 33.3 Å². The number of carbonyl (C=O) groups is 1. The maximum atomic E-state index is 12.4. The third-order valence-corrected chi connectivity index (χ3v) is 5.58. The van der Waals surface area contributed by atoms with E-state index in [1.807, 2.05) is 42.2 Å². The molecule has 0 spiro atoms. The standard InChI is InChI=1S/C18H24N4OS/c1-2-24-15-7-5-6-14(10-15)21-18(23)22-17-9-4-3-8-16(17)13-11-19-20-12-13/h3-4,8-9,11-12,14-15H,2,5-7,10H2,1H3,(H,19,20)(H2,21,22,23)/t14-,15+/m0/s1. The van der Waals surface area contributed by atoms with Gasteiger partial charge in [0.05, 0.1) is 11.9 Å².